The number of aromatic nitrogens is 1. The van der Waals surface area contributed by atoms with E-state index in [9.17, 15) is 4.79 Å². The van der Waals surface area contributed by atoms with Crippen LogP contribution >= 0.6 is 0 Å². The second-order valence-corrected chi connectivity index (χ2v) is 5.98. The number of amides is 1. The maximum atomic E-state index is 12.9. The fourth-order valence-electron chi connectivity index (χ4n) is 2.89. The molecule has 0 saturated carbocycles. The Morgan fingerprint density at radius 3 is 2.56 bits per heavy atom. The Balaban J connectivity index is 1.76. The summed E-state index contributed by atoms with van der Waals surface area (Å²) in [6.07, 6.45) is 1.65. The number of ether oxygens (including phenoxy) is 1. The van der Waals surface area contributed by atoms with E-state index in [0.717, 1.165) is 22.7 Å². The number of rotatable bonds is 7. The van der Waals surface area contributed by atoms with E-state index in [1.165, 1.54) is 0 Å². The molecule has 0 aliphatic heterocycles. The zero-order valence-corrected chi connectivity index (χ0v) is 15.6. The maximum Gasteiger partial charge on any atom is 0.276 e. The van der Waals surface area contributed by atoms with Crippen LogP contribution in [-0.2, 0) is 6.54 Å². The van der Waals surface area contributed by atoms with Crippen molar-refractivity contribution in [3.8, 4) is 5.75 Å². The van der Waals surface area contributed by atoms with Crippen LogP contribution in [0.3, 0.4) is 0 Å². The minimum atomic E-state index is -0.121. The number of hydrogen-bond donors (Lipinski definition) is 1. The van der Waals surface area contributed by atoms with Gasteiger partial charge in [0.15, 0.2) is 0 Å². The molecule has 0 bridgehead atoms. The van der Waals surface area contributed by atoms with Crippen LogP contribution in [0.15, 0.2) is 72.9 Å². The molecule has 27 heavy (non-hydrogen) atoms. The van der Waals surface area contributed by atoms with E-state index in [2.05, 4.69) is 10.3 Å². The summed E-state index contributed by atoms with van der Waals surface area (Å²) in [4.78, 5) is 18.9. The van der Waals surface area contributed by atoms with Crippen LogP contribution in [-0.4, -0.2) is 24.5 Å². The normalized spacial score (nSPS) is 10.3. The molecule has 2 aromatic carbocycles. The van der Waals surface area contributed by atoms with E-state index in [0.29, 0.717) is 18.8 Å². The molecule has 3 rings (SSSR count). The Morgan fingerprint density at radius 1 is 1.07 bits per heavy atom. The molecule has 0 radical (unpaired) electrons. The third-order valence-electron chi connectivity index (χ3n) is 4.28. The molecular weight excluding hydrogens is 338 g/mol. The molecule has 5 heteroatoms. The molecule has 1 heterocycles. The van der Waals surface area contributed by atoms with Gasteiger partial charge in [0.1, 0.15) is 11.4 Å². The summed E-state index contributed by atoms with van der Waals surface area (Å²) in [6.45, 7) is 3.12. The molecule has 1 aromatic heterocycles. The van der Waals surface area contributed by atoms with Gasteiger partial charge in [0.05, 0.1) is 7.11 Å². The van der Waals surface area contributed by atoms with Gasteiger partial charge in [-0.1, -0.05) is 36.4 Å². The summed E-state index contributed by atoms with van der Waals surface area (Å²) in [5, 5.41) is 3.34. The van der Waals surface area contributed by atoms with Crippen LogP contribution in [0.2, 0.25) is 0 Å². The lowest BCUT2D eigenvalue weighted by molar-refractivity contribution is 0.0983. The number of nitrogens with one attached hydrogen (secondary N) is 1. The highest BCUT2D eigenvalue weighted by Crippen LogP contribution is 2.20. The Kier molecular flexibility index (Phi) is 6.05. The van der Waals surface area contributed by atoms with E-state index in [4.69, 9.17) is 4.74 Å². The van der Waals surface area contributed by atoms with Crippen LogP contribution in [0.4, 0.5) is 11.4 Å². The molecule has 5 nitrogen and oxygen atoms in total. The van der Waals surface area contributed by atoms with E-state index >= 15 is 0 Å². The molecule has 0 aliphatic carbocycles. The number of methoxy groups -OCH3 is 1. The average Bonchev–Trinajstić information content (AvgIpc) is 2.74. The first kappa shape index (κ1) is 18.5. The van der Waals surface area contributed by atoms with Crippen LogP contribution in [0.1, 0.15) is 23.0 Å². The molecular formula is C22H23N3O2. The molecule has 0 spiro atoms. The summed E-state index contributed by atoms with van der Waals surface area (Å²) in [5.74, 6) is 0.709. The van der Waals surface area contributed by atoms with Gasteiger partial charge in [-0.15, -0.1) is 0 Å². The summed E-state index contributed by atoms with van der Waals surface area (Å²) in [5.41, 5.74) is 3.15. The van der Waals surface area contributed by atoms with Crippen molar-refractivity contribution in [2.45, 2.75) is 13.5 Å². The number of hydrogen-bond acceptors (Lipinski definition) is 4. The van der Waals surface area contributed by atoms with Gasteiger partial charge in [0.25, 0.3) is 5.91 Å². The standard InChI is InChI=1S/C22H23N3O2/c1-3-25(19-10-5-4-6-11-19)22(26)20-15-18(13-14-23-20)24-16-17-9-7-8-12-21(17)27-2/h4-15H,3,16H2,1-2H3,(H,23,24). The lowest BCUT2D eigenvalue weighted by atomic mass is 10.2. The Labute approximate surface area is 159 Å². The van der Waals surface area contributed by atoms with E-state index in [1.807, 2.05) is 67.6 Å². The summed E-state index contributed by atoms with van der Waals surface area (Å²) in [6, 6.07) is 21.1. The number of para-hydroxylation sites is 2. The van der Waals surface area contributed by atoms with Crippen molar-refractivity contribution in [1.82, 2.24) is 4.98 Å². The zero-order valence-electron chi connectivity index (χ0n) is 15.6. The molecule has 1 amide bonds. The maximum absolute atomic E-state index is 12.9. The Hall–Kier alpha value is -3.34. The van der Waals surface area contributed by atoms with Crippen molar-refractivity contribution in [3.63, 3.8) is 0 Å². The highest BCUT2D eigenvalue weighted by atomic mass is 16.5. The van der Waals surface area contributed by atoms with Crippen LogP contribution in [0.25, 0.3) is 0 Å². The van der Waals surface area contributed by atoms with Gasteiger partial charge in [-0.2, -0.15) is 0 Å². The van der Waals surface area contributed by atoms with Crippen molar-refractivity contribution in [3.05, 3.63) is 84.2 Å². The molecule has 0 unspecified atom stereocenters. The minimum absolute atomic E-state index is 0.121. The van der Waals surface area contributed by atoms with Crippen LogP contribution < -0.4 is 15.0 Å². The van der Waals surface area contributed by atoms with Gasteiger partial charge >= 0.3 is 0 Å². The lowest BCUT2D eigenvalue weighted by Crippen LogP contribution is -2.31. The van der Waals surface area contributed by atoms with Crippen LogP contribution in [0.5, 0.6) is 5.75 Å². The molecule has 0 aliphatic rings. The smallest absolute Gasteiger partial charge is 0.276 e. The first-order valence-corrected chi connectivity index (χ1v) is 8.91. The summed E-state index contributed by atoms with van der Waals surface area (Å²) >= 11 is 0. The number of carbonyl (C=O) groups is 1. The monoisotopic (exact) mass is 361 g/mol. The first-order valence-electron chi connectivity index (χ1n) is 8.91. The molecule has 3 aromatic rings. The third kappa shape index (κ3) is 4.44. The number of pyridine rings is 1. The topological polar surface area (TPSA) is 54.5 Å². The average molecular weight is 361 g/mol. The number of carbonyl (C=O) groups excluding carboxylic acids is 1. The molecule has 138 valence electrons. The van der Waals surface area contributed by atoms with Gasteiger partial charge < -0.3 is 15.0 Å². The molecule has 0 saturated heterocycles. The zero-order chi connectivity index (χ0) is 19.1. The Morgan fingerprint density at radius 2 is 1.81 bits per heavy atom. The number of benzene rings is 2. The van der Waals surface area contributed by atoms with Crippen molar-refractivity contribution in [2.24, 2.45) is 0 Å². The highest BCUT2D eigenvalue weighted by Gasteiger charge is 2.17. The fraction of sp³-hybridized carbons (Fsp3) is 0.182. The molecule has 0 fully saturated rings. The Bertz CT molecular complexity index is 897. The number of nitrogens with zero attached hydrogens (tertiary/aromatic N) is 2. The molecule has 0 atom stereocenters. The van der Waals surface area contributed by atoms with Gasteiger partial charge in [0.2, 0.25) is 0 Å². The van der Waals surface area contributed by atoms with E-state index in [1.54, 1.807) is 24.3 Å². The van der Waals surface area contributed by atoms with E-state index < -0.39 is 0 Å². The summed E-state index contributed by atoms with van der Waals surface area (Å²) in [7, 11) is 1.66. The third-order valence-corrected chi connectivity index (χ3v) is 4.28. The number of anilines is 2. The quantitative estimate of drug-likeness (QED) is 0.679. The van der Waals surface area contributed by atoms with Crippen molar-refractivity contribution in [2.75, 3.05) is 23.9 Å². The van der Waals surface area contributed by atoms with Gasteiger partial charge in [0, 0.05) is 36.2 Å². The largest absolute Gasteiger partial charge is 0.496 e. The predicted molar refractivity (Wildman–Crippen MR) is 108 cm³/mol. The van der Waals surface area contributed by atoms with Crippen LogP contribution in [0, 0.1) is 0 Å². The summed E-state index contributed by atoms with van der Waals surface area (Å²) < 4.78 is 5.38. The predicted octanol–water partition coefficient (Wildman–Crippen LogP) is 4.37. The second-order valence-electron chi connectivity index (χ2n) is 5.98. The molecule has 1 N–H and O–H groups in total. The SMILES string of the molecule is CCN(C(=O)c1cc(NCc2ccccc2OC)ccn1)c1ccccc1. The van der Waals surface area contributed by atoms with Gasteiger partial charge in [-0.3, -0.25) is 9.78 Å². The van der Waals surface area contributed by atoms with Crippen molar-refractivity contribution < 1.29 is 9.53 Å². The van der Waals surface area contributed by atoms with Gasteiger partial charge in [-0.25, -0.2) is 0 Å². The first-order chi connectivity index (χ1) is 13.2. The van der Waals surface area contributed by atoms with Crippen molar-refractivity contribution in [1.29, 1.82) is 0 Å². The highest BCUT2D eigenvalue weighted by molar-refractivity contribution is 6.05. The lowest BCUT2D eigenvalue weighted by Gasteiger charge is -2.20. The second kappa shape index (κ2) is 8.85. The van der Waals surface area contributed by atoms with E-state index in [-0.39, 0.29) is 5.91 Å². The fourth-order valence-corrected chi connectivity index (χ4v) is 2.89. The van der Waals surface area contributed by atoms with Gasteiger partial charge in [-0.05, 0) is 37.3 Å². The minimum Gasteiger partial charge on any atom is -0.496 e. The van der Waals surface area contributed by atoms with Crippen molar-refractivity contribution >= 4 is 17.3 Å².